The van der Waals surface area contributed by atoms with Crippen molar-refractivity contribution in [1.82, 2.24) is 5.32 Å². The van der Waals surface area contributed by atoms with E-state index in [0.717, 1.165) is 17.2 Å². The number of benzene rings is 3. The Morgan fingerprint density at radius 2 is 1.61 bits per heavy atom. The molecular formula is C24H24N2O6S. The first kappa shape index (κ1) is 24.0. The van der Waals surface area contributed by atoms with Crippen LogP contribution in [0.3, 0.4) is 0 Å². The van der Waals surface area contributed by atoms with Gasteiger partial charge in [0.15, 0.2) is 6.61 Å². The van der Waals surface area contributed by atoms with Crippen molar-refractivity contribution in [2.75, 3.05) is 13.7 Å². The van der Waals surface area contributed by atoms with Crippen molar-refractivity contribution < 1.29 is 27.5 Å². The number of hydrogen-bond donors (Lipinski definition) is 2. The van der Waals surface area contributed by atoms with E-state index < -0.39 is 28.5 Å². The van der Waals surface area contributed by atoms with Crippen molar-refractivity contribution in [1.29, 1.82) is 0 Å². The van der Waals surface area contributed by atoms with Crippen LogP contribution in [0.1, 0.15) is 27.5 Å². The maximum atomic E-state index is 12.6. The minimum atomic E-state index is -4.03. The van der Waals surface area contributed by atoms with Gasteiger partial charge in [-0.25, -0.2) is 18.4 Å². The zero-order valence-electron chi connectivity index (χ0n) is 17.9. The number of primary sulfonamides is 1. The van der Waals surface area contributed by atoms with Gasteiger partial charge in [0.05, 0.1) is 18.0 Å². The quantitative estimate of drug-likeness (QED) is 0.465. The number of carbonyl (C=O) groups is 2. The van der Waals surface area contributed by atoms with Gasteiger partial charge in [-0.1, -0.05) is 60.7 Å². The third-order valence-corrected chi connectivity index (χ3v) is 5.78. The molecule has 0 aromatic heterocycles. The lowest BCUT2D eigenvalue weighted by atomic mass is 9.99. The molecule has 1 unspecified atom stereocenters. The lowest BCUT2D eigenvalue weighted by Crippen LogP contribution is -2.33. The van der Waals surface area contributed by atoms with Crippen LogP contribution in [0, 0.1) is 0 Å². The van der Waals surface area contributed by atoms with Crippen molar-refractivity contribution in [3.63, 3.8) is 0 Å². The summed E-state index contributed by atoms with van der Waals surface area (Å²) in [6.45, 7) is -0.556. The minimum absolute atomic E-state index is 0.0963. The average molecular weight is 469 g/mol. The molecule has 3 aromatic carbocycles. The number of rotatable bonds is 9. The molecule has 0 bridgehead atoms. The fourth-order valence-corrected chi connectivity index (χ4v) is 3.80. The molecule has 8 nitrogen and oxygen atoms in total. The Morgan fingerprint density at radius 1 is 0.970 bits per heavy atom. The Labute approximate surface area is 192 Å². The topological polar surface area (TPSA) is 125 Å². The number of esters is 1. The van der Waals surface area contributed by atoms with E-state index >= 15 is 0 Å². The monoisotopic (exact) mass is 468 g/mol. The van der Waals surface area contributed by atoms with Gasteiger partial charge in [-0.2, -0.15) is 0 Å². The molecule has 0 aliphatic heterocycles. The first-order valence-corrected chi connectivity index (χ1v) is 11.6. The molecule has 3 rings (SSSR count). The highest BCUT2D eigenvalue weighted by Gasteiger charge is 2.21. The molecule has 0 aliphatic rings. The molecule has 3 aromatic rings. The number of nitrogens with one attached hydrogen (secondary N) is 1. The smallest absolute Gasteiger partial charge is 0.342 e. The van der Waals surface area contributed by atoms with Gasteiger partial charge in [0.1, 0.15) is 11.3 Å². The largest absolute Gasteiger partial charge is 0.496 e. The maximum Gasteiger partial charge on any atom is 0.342 e. The molecular weight excluding hydrogens is 444 g/mol. The molecule has 0 radical (unpaired) electrons. The number of ether oxygens (including phenoxy) is 2. The van der Waals surface area contributed by atoms with Crippen LogP contribution in [0.25, 0.3) is 0 Å². The van der Waals surface area contributed by atoms with Gasteiger partial charge in [0.2, 0.25) is 10.0 Å². The first-order valence-electron chi connectivity index (χ1n) is 10.0. The maximum absolute atomic E-state index is 12.6. The summed E-state index contributed by atoms with van der Waals surface area (Å²) < 4.78 is 33.4. The molecule has 172 valence electrons. The van der Waals surface area contributed by atoms with Crippen molar-refractivity contribution >= 4 is 21.9 Å². The molecule has 0 aliphatic carbocycles. The summed E-state index contributed by atoms with van der Waals surface area (Å²) in [4.78, 5) is 24.9. The molecule has 1 amide bonds. The number of methoxy groups -OCH3 is 1. The average Bonchev–Trinajstić information content (AvgIpc) is 2.82. The molecule has 9 heteroatoms. The third kappa shape index (κ3) is 6.64. The number of sulfonamides is 1. The van der Waals surface area contributed by atoms with Crippen LogP contribution in [-0.2, 0) is 26.0 Å². The van der Waals surface area contributed by atoms with E-state index in [1.165, 1.54) is 19.2 Å². The van der Waals surface area contributed by atoms with Gasteiger partial charge in [-0.05, 0) is 35.7 Å². The Morgan fingerprint density at radius 3 is 2.21 bits per heavy atom. The summed E-state index contributed by atoms with van der Waals surface area (Å²) in [5.41, 5.74) is 1.79. The lowest BCUT2D eigenvalue weighted by Gasteiger charge is -2.19. The molecule has 0 heterocycles. The van der Waals surface area contributed by atoms with Crippen LogP contribution in [0.5, 0.6) is 5.75 Å². The van der Waals surface area contributed by atoms with Crippen molar-refractivity contribution in [3.05, 3.63) is 95.6 Å². The van der Waals surface area contributed by atoms with E-state index in [0.29, 0.717) is 6.42 Å². The predicted octanol–water partition coefficient (Wildman–Crippen LogP) is 2.60. The van der Waals surface area contributed by atoms with Crippen LogP contribution >= 0.6 is 0 Å². The Hall–Kier alpha value is -3.69. The highest BCUT2D eigenvalue weighted by atomic mass is 32.2. The number of hydrogen-bond acceptors (Lipinski definition) is 6. The van der Waals surface area contributed by atoms with E-state index in [1.54, 1.807) is 0 Å². The number of nitrogens with two attached hydrogens (primary N) is 1. The fraction of sp³-hybridized carbons (Fsp3) is 0.167. The van der Waals surface area contributed by atoms with Gasteiger partial charge < -0.3 is 14.8 Å². The summed E-state index contributed by atoms with van der Waals surface area (Å²) in [5.74, 6) is -1.32. The molecule has 3 N–H and O–H groups in total. The van der Waals surface area contributed by atoms with E-state index in [2.05, 4.69) is 5.32 Å². The van der Waals surface area contributed by atoms with E-state index in [4.69, 9.17) is 14.6 Å². The first-order chi connectivity index (χ1) is 15.8. The zero-order chi connectivity index (χ0) is 23.8. The summed E-state index contributed by atoms with van der Waals surface area (Å²) in [7, 11) is -2.71. The van der Waals surface area contributed by atoms with Crippen LogP contribution < -0.4 is 15.2 Å². The molecule has 1 atom stereocenters. The molecule has 0 spiro atoms. The normalized spacial score (nSPS) is 11.9. The highest BCUT2D eigenvalue weighted by molar-refractivity contribution is 7.89. The van der Waals surface area contributed by atoms with Gasteiger partial charge in [-0.15, -0.1) is 0 Å². The summed E-state index contributed by atoms with van der Waals surface area (Å²) in [6, 6.07) is 22.4. The fourth-order valence-electron chi connectivity index (χ4n) is 3.26. The molecule has 0 saturated carbocycles. The van der Waals surface area contributed by atoms with E-state index in [-0.39, 0.29) is 22.3 Å². The summed E-state index contributed by atoms with van der Waals surface area (Å²) in [6.07, 6.45) is 0.550. The zero-order valence-corrected chi connectivity index (χ0v) is 18.7. The molecule has 33 heavy (non-hydrogen) atoms. The van der Waals surface area contributed by atoms with Crippen molar-refractivity contribution in [2.24, 2.45) is 5.14 Å². The molecule has 0 saturated heterocycles. The highest BCUT2D eigenvalue weighted by Crippen LogP contribution is 2.23. The Balaban J connectivity index is 1.70. The van der Waals surface area contributed by atoms with Gasteiger partial charge in [0.25, 0.3) is 5.91 Å². The summed E-state index contributed by atoms with van der Waals surface area (Å²) >= 11 is 0. The predicted molar refractivity (Wildman–Crippen MR) is 122 cm³/mol. The van der Waals surface area contributed by atoms with Crippen LogP contribution in [0.4, 0.5) is 0 Å². The Bertz CT molecular complexity index is 1210. The second-order valence-corrected chi connectivity index (χ2v) is 8.77. The SMILES string of the molecule is COc1ccc(S(N)(=O)=O)cc1C(=O)OCC(=O)NC(Cc1ccccc1)c1ccccc1. The van der Waals surface area contributed by atoms with Crippen LogP contribution in [-0.4, -0.2) is 34.0 Å². The number of amides is 1. The Kier molecular flexibility index (Phi) is 7.81. The second-order valence-electron chi connectivity index (χ2n) is 7.20. The summed E-state index contributed by atoms with van der Waals surface area (Å²) in [5, 5.41) is 8.02. The minimum Gasteiger partial charge on any atom is -0.496 e. The van der Waals surface area contributed by atoms with Crippen LogP contribution in [0.2, 0.25) is 0 Å². The molecule has 0 fully saturated rings. The van der Waals surface area contributed by atoms with Gasteiger partial charge in [0, 0.05) is 0 Å². The second kappa shape index (κ2) is 10.8. The van der Waals surface area contributed by atoms with Crippen molar-refractivity contribution in [2.45, 2.75) is 17.4 Å². The van der Waals surface area contributed by atoms with E-state index in [9.17, 15) is 18.0 Å². The van der Waals surface area contributed by atoms with E-state index in [1.807, 2.05) is 60.7 Å². The van der Waals surface area contributed by atoms with Gasteiger partial charge >= 0.3 is 5.97 Å². The standard InChI is InChI=1S/C24H24N2O6S/c1-31-22-13-12-19(33(25,29)30)15-20(22)24(28)32-16-23(27)26-21(18-10-6-3-7-11-18)14-17-8-4-2-5-9-17/h2-13,15,21H,14,16H2,1H3,(H,26,27)(H2,25,29,30). The third-order valence-electron chi connectivity index (χ3n) is 4.87. The number of carbonyl (C=O) groups excluding carboxylic acids is 2. The lowest BCUT2D eigenvalue weighted by molar-refractivity contribution is -0.125. The van der Waals surface area contributed by atoms with Crippen LogP contribution in [0.15, 0.2) is 83.8 Å². The van der Waals surface area contributed by atoms with Gasteiger partial charge in [-0.3, -0.25) is 4.79 Å². The van der Waals surface area contributed by atoms with Crippen molar-refractivity contribution in [3.8, 4) is 5.75 Å².